The Labute approximate surface area is 142 Å². The van der Waals surface area contributed by atoms with E-state index in [9.17, 15) is 4.79 Å². The van der Waals surface area contributed by atoms with E-state index in [0.717, 1.165) is 37.3 Å². The van der Waals surface area contributed by atoms with Crippen LogP contribution in [0.15, 0.2) is 18.2 Å². The number of nitrogens with zero attached hydrogens (tertiary/aromatic N) is 3. The number of halogens is 1. The third-order valence-electron chi connectivity index (χ3n) is 4.27. The predicted octanol–water partition coefficient (Wildman–Crippen LogP) is 4.10. The average molecular weight is 335 g/mol. The van der Waals surface area contributed by atoms with Gasteiger partial charge in [-0.2, -0.15) is 5.26 Å². The molecule has 1 aliphatic rings. The number of hydrogen-bond donors (Lipinski definition) is 1. The predicted molar refractivity (Wildman–Crippen MR) is 94.0 cm³/mol. The fourth-order valence-corrected chi connectivity index (χ4v) is 2.86. The first-order valence-corrected chi connectivity index (χ1v) is 8.36. The van der Waals surface area contributed by atoms with Crippen molar-refractivity contribution in [3.8, 4) is 6.07 Å². The standard InChI is InChI=1S/C17H23ClN4O/c1-13(8-9-19)21(2)17(23)20-15-12-14(18)6-7-16(15)22-10-4-3-5-11-22/h6-7,12-13H,3-5,8,10-11H2,1-2H3,(H,20,23)/t13-/m0/s1. The number of benzene rings is 1. The van der Waals surface area contributed by atoms with Crippen LogP contribution in [0.4, 0.5) is 16.2 Å². The summed E-state index contributed by atoms with van der Waals surface area (Å²) in [6.07, 6.45) is 3.88. The first kappa shape index (κ1) is 17.4. The fourth-order valence-electron chi connectivity index (χ4n) is 2.69. The summed E-state index contributed by atoms with van der Waals surface area (Å²) in [6.45, 7) is 3.84. The number of anilines is 2. The fraction of sp³-hybridized carbons (Fsp3) is 0.529. The summed E-state index contributed by atoms with van der Waals surface area (Å²) in [6, 6.07) is 7.31. The van der Waals surface area contributed by atoms with Crippen molar-refractivity contribution in [2.45, 2.75) is 38.6 Å². The first-order chi connectivity index (χ1) is 11.0. The molecule has 1 N–H and O–H groups in total. The topological polar surface area (TPSA) is 59.4 Å². The van der Waals surface area contributed by atoms with Crippen molar-refractivity contribution in [2.24, 2.45) is 0 Å². The molecule has 1 fully saturated rings. The summed E-state index contributed by atoms with van der Waals surface area (Å²) >= 11 is 6.10. The molecule has 2 rings (SSSR count). The van der Waals surface area contributed by atoms with Gasteiger partial charge in [0.1, 0.15) is 0 Å². The molecule has 23 heavy (non-hydrogen) atoms. The lowest BCUT2D eigenvalue weighted by Crippen LogP contribution is -2.38. The van der Waals surface area contributed by atoms with E-state index in [2.05, 4.69) is 16.3 Å². The minimum Gasteiger partial charge on any atom is -0.370 e. The highest BCUT2D eigenvalue weighted by atomic mass is 35.5. The maximum atomic E-state index is 12.4. The molecule has 0 aromatic heterocycles. The van der Waals surface area contributed by atoms with Crippen molar-refractivity contribution in [1.82, 2.24) is 4.90 Å². The summed E-state index contributed by atoms with van der Waals surface area (Å²) in [5, 5.41) is 12.3. The smallest absolute Gasteiger partial charge is 0.321 e. The number of carbonyl (C=O) groups is 1. The Kier molecular flexibility index (Phi) is 6.12. The average Bonchev–Trinajstić information content (AvgIpc) is 2.55. The van der Waals surface area contributed by atoms with Crippen LogP contribution in [0.5, 0.6) is 0 Å². The zero-order chi connectivity index (χ0) is 16.8. The Hall–Kier alpha value is -1.93. The molecule has 1 aromatic carbocycles. The van der Waals surface area contributed by atoms with E-state index >= 15 is 0 Å². The van der Waals surface area contributed by atoms with Gasteiger partial charge in [0.2, 0.25) is 0 Å². The minimum absolute atomic E-state index is 0.141. The van der Waals surface area contributed by atoms with Crippen LogP contribution in [-0.2, 0) is 0 Å². The van der Waals surface area contributed by atoms with E-state index in [1.807, 2.05) is 19.1 Å². The third kappa shape index (κ3) is 4.52. The van der Waals surface area contributed by atoms with Crippen LogP contribution >= 0.6 is 11.6 Å². The lowest BCUT2D eigenvalue weighted by molar-refractivity contribution is 0.208. The van der Waals surface area contributed by atoms with Crippen molar-refractivity contribution in [2.75, 3.05) is 30.4 Å². The molecular weight excluding hydrogens is 312 g/mol. The second kappa shape index (κ2) is 8.07. The first-order valence-electron chi connectivity index (χ1n) is 7.98. The number of nitrogens with one attached hydrogen (secondary N) is 1. The molecule has 1 saturated heterocycles. The van der Waals surface area contributed by atoms with Gasteiger partial charge in [-0.3, -0.25) is 0 Å². The SMILES string of the molecule is C[C@@H](CC#N)N(C)C(=O)Nc1cc(Cl)ccc1N1CCCCC1. The van der Waals surface area contributed by atoms with E-state index in [1.165, 1.54) is 6.42 Å². The lowest BCUT2D eigenvalue weighted by atomic mass is 10.1. The van der Waals surface area contributed by atoms with Gasteiger partial charge in [0.05, 0.1) is 23.9 Å². The lowest BCUT2D eigenvalue weighted by Gasteiger charge is -2.31. The van der Waals surface area contributed by atoms with Gasteiger partial charge in [0.25, 0.3) is 0 Å². The second-order valence-corrected chi connectivity index (χ2v) is 6.40. The molecule has 6 heteroatoms. The summed E-state index contributed by atoms with van der Waals surface area (Å²) < 4.78 is 0. The van der Waals surface area contributed by atoms with Gasteiger partial charge in [-0.15, -0.1) is 0 Å². The Morgan fingerprint density at radius 3 is 2.78 bits per heavy atom. The summed E-state index contributed by atoms with van der Waals surface area (Å²) in [5.74, 6) is 0. The van der Waals surface area contributed by atoms with Crippen LogP contribution in [0.3, 0.4) is 0 Å². The zero-order valence-corrected chi connectivity index (χ0v) is 14.4. The van der Waals surface area contributed by atoms with Gasteiger partial charge in [-0.1, -0.05) is 11.6 Å². The van der Waals surface area contributed by atoms with E-state index in [-0.39, 0.29) is 12.1 Å². The monoisotopic (exact) mass is 334 g/mol. The molecule has 0 unspecified atom stereocenters. The van der Waals surface area contributed by atoms with Gasteiger partial charge in [0, 0.05) is 31.2 Å². The van der Waals surface area contributed by atoms with Crippen molar-refractivity contribution < 1.29 is 4.79 Å². The van der Waals surface area contributed by atoms with Gasteiger partial charge < -0.3 is 15.1 Å². The highest BCUT2D eigenvalue weighted by molar-refractivity contribution is 6.31. The third-order valence-corrected chi connectivity index (χ3v) is 4.50. The largest absolute Gasteiger partial charge is 0.370 e. The quantitative estimate of drug-likeness (QED) is 0.901. The molecule has 1 atom stereocenters. The van der Waals surface area contributed by atoms with Crippen molar-refractivity contribution in [3.63, 3.8) is 0 Å². The van der Waals surface area contributed by atoms with E-state index < -0.39 is 0 Å². The molecule has 1 aliphatic heterocycles. The van der Waals surface area contributed by atoms with Crippen molar-refractivity contribution >= 4 is 29.0 Å². The number of rotatable bonds is 4. The number of hydrogen-bond acceptors (Lipinski definition) is 3. The number of piperidine rings is 1. The van der Waals surface area contributed by atoms with Gasteiger partial charge in [-0.25, -0.2) is 4.79 Å². The van der Waals surface area contributed by atoms with Crippen LogP contribution in [0, 0.1) is 11.3 Å². The van der Waals surface area contributed by atoms with Crippen LogP contribution in [-0.4, -0.2) is 37.1 Å². The molecule has 0 aliphatic carbocycles. The number of urea groups is 1. The van der Waals surface area contributed by atoms with Crippen LogP contribution in [0.25, 0.3) is 0 Å². The van der Waals surface area contributed by atoms with Crippen molar-refractivity contribution in [1.29, 1.82) is 5.26 Å². The van der Waals surface area contributed by atoms with E-state index in [0.29, 0.717) is 11.4 Å². The summed E-state index contributed by atoms with van der Waals surface area (Å²) in [7, 11) is 1.70. The molecule has 0 bridgehead atoms. The Morgan fingerprint density at radius 2 is 2.13 bits per heavy atom. The number of amides is 2. The summed E-state index contributed by atoms with van der Waals surface area (Å²) in [5.41, 5.74) is 1.73. The zero-order valence-electron chi connectivity index (χ0n) is 13.7. The molecule has 124 valence electrons. The Balaban J connectivity index is 2.16. The molecule has 0 saturated carbocycles. The normalized spacial score (nSPS) is 15.7. The van der Waals surface area contributed by atoms with Crippen LogP contribution < -0.4 is 10.2 Å². The molecule has 0 spiro atoms. The number of carbonyl (C=O) groups excluding carboxylic acids is 1. The molecule has 2 amide bonds. The highest BCUT2D eigenvalue weighted by Gasteiger charge is 2.19. The van der Waals surface area contributed by atoms with E-state index in [4.69, 9.17) is 16.9 Å². The van der Waals surface area contributed by atoms with Gasteiger partial charge >= 0.3 is 6.03 Å². The maximum absolute atomic E-state index is 12.4. The second-order valence-electron chi connectivity index (χ2n) is 5.96. The Morgan fingerprint density at radius 1 is 1.43 bits per heavy atom. The summed E-state index contributed by atoms with van der Waals surface area (Å²) in [4.78, 5) is 16.3. The Bertz CT molecular complexity index is 593. The molecule has 1 heterocycles. The molecule has 1 aromatic rings. The molecular formula is C17H23ClN4O. The highest BCUT2D eigenvalue weighted by Crippen LogP contribution is 2.31. The van der Waals surface area contributed by atoms with Crippen molar-refractivity contribution in [3.05, 3.63) is 23.2 Å². The maximum Gasteiger partial charge on any atom is 0.321 e. The molecule has 5 nitrogen and oxygen atoms in total. The number of nitriles is 1. The van der Waals surface area contributed by atoms with Crippen LogP contribution in [0.2, 0.25) is 5.02 Å². The minimum atomic E-state index is -0.228. The molecule has 0 radical (unpaired) electrons. The van der Waals surface area contributed by atoms with Gasteiger partial charge in [0.15, 0.2) is 0 Å². The van der Waals surface area contributed by atoms with Gasteiger partial charge in [-0.05, 0) is 44.4 Å². The van der Waals surface area contributed by atoms with E-state index in [1.54, 1.807) is 18.0 Å². The van der Waals surface area contributed by atoms with Crippen LogP contribution in [0.1, 0.15) is 32.6 Å².